The van der Waals surface area contributed by atoms with Gasteiger partial charge in [0.25, 0.3) is 0 Å². The monoisotopic (exact) mass is 196 g/mol. The molecule has 0 radical (unpaired) electrons. The van der Waals surface area contributed by atoms with E-state index in [-0.39, 0.29) is 0 Å². The predicted molar refractivity (Wildman–Crippen MR) is 46.2 cm³/mol. The molecule has 0 aromatic heterocycles. The first-order chi connectivity index (χ1) is 5.31. The third kappa shape index (κ3) is 7.97. The molecular formula is C7H16O4S. The molecule has 0 rings (SSSR count). The normalized spacial score (nSPS) is 15.1. The van der Waals surface area contributed by atoms with E-state index in [9.17, 15) is 8.42 Å². The zero-order valence-corrected chi connectivity index (χ0v) is 8.47. The van der Waals surface area contributed by atoms with Crippen LogP contribution >= 0.6 is 0 Å². The summed E-state index contributed by atoms with van der Waals surface area (Å²) < 4.78 is 33.1. The molecule has 0 heterocycles. The van der Waals surface area contributed by atoms with Gasteiger partial charge in [-0.05, 0) is 25.7 Å². The van der Waals surface area contributed by atoms with Gasteiger partial charge < -0.3 is 0 Å². The Hall–Kier alpha value is -0.130. The van der Waals surface area contributed by atoms with Crippen LogP contribution in [0.2, 0.25) is 0 Å². The van der Waals surface area contributed by atoms with E-state index in [1.165, 1.54) is 0 Å². The highest BCUT2D eigenvalue weighted by Crippen LogP contribution is 2.10. The maximum Gasteiger partial charge on any atom is 0.397 e. The van der Waals surface area contributed by atoms with E-state index in [4.69, 9.17) is 4.55 Å². The smallest absolute Gasteiger partial charge is 0.264 e. The van der Waals surface area contributed by atoms with Crippen LogP contribution in [0.15, 0.2) is 0 Å². The average Bonchev–Trinajstić information content (AvgIpc) is 1.79. The molecule has 0 aromatic rings. The summed E-state index contributed by atoms with van der Waals surface area (Å²) in [6.45, 7) is 5.70. The van der Waals surface area contributed by atoms with Crippen LogP contribution in [-0.4, -0.2) is 19.1 Å². The molecule has 12 heavy (non-hydrogen) atoms. The van der Waals surface area contributed by atoms with Crippen LogP contribution in [0.5, 0.6) is 0 Å². The van der Waals surface area contributed by atoms with E-state index in [1.54, 1.807) is 6.92 Å². The van der Waals surface area contributed by atoms with Crippen molar-refractivity contribution in [1.82, 2.24) is 0 Å². The van der Waals surface area contributed by atoms with Crippen LogP contribution < -0.4 is 0 Å². The van der Waals surface area contributed by atoms with Crippen LogP contribution in [0.3, 0.4) is 0 Å². The molecule has 0 aliphatic rings. The Morgan fingerprint density at radius 1 is 1.25 bits per heavy atom. The minimum absolute atomic E-state index is 0.442. The molecule has 1 N–H and O–H groups in total. The Kier molecular flexibility index (Phi) is 4.74. The summed E-state index contributed by atoms with van der Waals surface area (Å²) in [4.78, 5) is 0. The summed E-state index contributed by atoms with van der Waals surface area (Å²) in [5.41, 5.74) is 0. The lowest BCUT2D eigenvalue weighted by atomic mass is 10.1. The molecule has 0 fully saturated rings. The fourth-order valence-corrected chi connectivity index (χ4v) is 1.34. The van der Waals surface area contributed by atoms with Crippen molar-refractivity contribution in [2.45, 2.75) is 39.7 Å². The molecule has 74 valence electrons. The van der Waals surface area contributed by atoms with Crippen molar-refractivity contribution in [3.8, 4) is 0 Å². The zero-order chi connectivity index (χ0) is 9.78. The number of hydrogen-bond acceptors (Lipinski definition) is 3. The van der Waals surface area contributed by atoms with Crippen molar-refractivity contribution in [2.24, 2.45) is 5.92 Å². The Balaban J connectivity index is 3.68. The first-order valence-electron chi connectivity index (χ1n) is 3.97. The lowest BCUT2D eigenvalue weighted by molar-refractivity contribution is 0.182. The molecule has 0 saturated heterocycles. The Morgan fingerprint density at radius 2 is 1.75 bits per heavy atom. The second-order valence-electron chi connectivity index (χ2n) is 3.31. The molecular weight excluding hydrogens is 180 g/mol. The second kappa shape index (κ2) is 4.79. The van der Waals surface area contributed by atoms with Crippen molar-refractivity contribution in [3.63, 3.8) is 0 Å². The van der Waals surface area contributed by atoms with E-state index in [2.05, 4.69) is 4.18 Å². The molecule has 0 amide bonds. The molecule has 0 aliphatic heterocycles. The summed E-state index contributed by atoms with van der Waals surface area (Å²) in [5.74, 6) is 0.512. The summed E-state index contributed by atoms with van der Waals surface area (Å²) in [5, 5.41) is 0. The van der Waals surface area contributed by atoms with Crippen LogP contribution in [-0.2, 0) is 14.6 Å². The SMILES string of the molecule is CC(C)CC[C@@H](C)OS(=O)(=O)O. The first-order valence-corrected chi connectivity index (χ1v) is 5.33. The molecule has 0 aliphatic carbocycles. The molecule has 0 unspecified atom stereocenters. The fourth-order valence-electron chi connectivity index (χ4n) is 0.824. The summed E-state index contributed by atoms with van der Waals surface area (Å²) in [6, 6.07) is 0. The van der Waals surface area contributed by atoms with Crippen molar-refractivity contribution in [2.75, 3.05) is 0 Å². The van der Waals surface area contributed by atoms with Crippen molar-refractivity contribution in [3.05, 3.63) is 0 Å². The quantitative estimate of drug-likeness (QED) is 0.679. The van der Waals surface area contributed by atoms with E-state index in [1.807, 2.05) is 13.8 Å². The van der Waals surface area contributed by atoms with Crippen molar-refractivity contribution < 1.29 is 17.2 Å². The topological polar surface area (TPSA) is 63.6 Å². The minimum atomic E-state index is -4.27. The van der Waals surface area contributed by atoms with E-state index in [0.29, 0.717) is 12.3 Å². The maximum atomic E-state index is 10.2. The van der Waals surface area contributed by atoms with Gasteiger partial charge in [-0.15, -0.1) is 0 Å². The molecule has 0 aromatic carbocycles. The summed E-state index contributed by atoms with van der Waals surface area (Å²) in [7, 11) is -4.27. The summed E-state index contributed by atoms with van der Waals surface area (Å²) >= 11 is 0. The van der Waals surface area contributed by atoms with Crippen LogP contribution in [0, 0.1) is 5.92 Å². The van der Waals surface area contributed by atoms with Gasteiger partial charge in [-0.2, -0.15) is 8.42 Å². The Bertz CT molecular complexity index is 207. The van der Waals surface area contributed by atoms with E-state index >= 15 is 0 Å². The van der Waals surface area contributed by atoms with Gasteiger partial charge in [-0.3, -0.25) is 4.55 Å². The van der Waals surface area contributed by atoms with Gasteiger partial charge >= 0.3 is 10.4 Å². The molecule has 0 spiro atoms. The Morgan fingerprint density at radius 3 is 2.08 bits per heavy atom. The maximum absolute atomic E-state index is 10.2. The van der Waals surface area contributed by atoms with Gasteiger partial charge in [0.2, 0.25) is 0 Å². The lowest BCUT2D eigenvalue weighted by Crippen LogP contribution is -2.14. The van der Waals surface area contributed by atoms with E-state index < -0.39 is 16.5 Å². The van der Waals surface area contributed by atoms with Crippen molar-refractivity contribution in [1.29, 1.82) is 0 Å². The highest BCUT2D eigenvalue weighted by molar-refractivity contribution is 7.80. The second-order valence-corrected chi connectivity index (χ2v) is 4.35. The lowest BCUT2D eigenvalue weighted by Gasteiger charge is -2.10. The van der Waals surface area contributed by atoms with Crippen LogP contribution in [0.1, 0.15) is 33.6 Å². The third-order valence-corrected chi connectivity index (χ3v) is 2.01. The van der Waals surface area contributed by atoms with Crippen LogP contribution in [0.25, 0.3) is 0 Å². The highest BCUT2D eigenvalue weighted by Gasteiger charge is 2.12. The highest BCUT2D eigenvalue weighted by atomic mass is 32.3. The predicted octanol–water partition coefficient (Wildman–Crippen LogP) is 1.63. The van der Waals surface area contributed by atoms with Gasteiger partial charge in [-0.1, -0.05) is 13.8 Å². The molecule has 0 saturated carbocycles. The van der Waals surface area contributed by atoms with Gasteiger partial charge in [0.1, 0.15) is 0 Å². The summed E-state index contributed by atoms with van der Waals surface area (Å²) in [6.07, 6.45) is 1.08. The number of rotatable bonds is 5. The third-order valence-electron chi connectivity index (χ3n) is 1.44. The molecule has 5 heteroatoms. The molecule has 4 nitrogen and oxygen atoms in total. The Labute approximate surface area is 73.9 Å². The average molecular weight is 196 g/mol. The van der Waals surface area contributed by atoms with Gasteiger partial charge in [-0.25, -0.2) is 4.18 Å². The van der Waals surface area contributed by atoms with Gasteiger partial charge in [0.15, 0.2) is 0 Å². The standard InChI is InChI=1S/C7H16O4S/c1-6(2)4-5-7(3)11-12(8,9)10/h6-7H,4-5H2,1-3H3,(H,8,9,10)/t7-/m1/s1. The van der Waals surface area contributed by atoms with Gasteiger partial charge in [0, 0.05) is 0 Å². The molecule has 0 bridgehead atoms. The largest absolute Gasteiger partial charge is 0.397 e. The van der Waals surface area contributed by atoms with Crippen molar-refractivity contribution >= 4 is 10.4 Å². The van der Waals surface area contributed by atoms with Crippen LogP contribution in [0.4, 0.5) is 0 Å². The zero-order valence-electron chi connectivity index (χ0n) is 7.65. The fraction of sp³-hybridized carbons (Fsp3) is 1.00. The number of hydrogen-bond donors (Lipinski definition) is 1. The minimum Gasteiger partial charge on any atom is -0.264 e. The first kappa shape index (κ1) is 11.9. The molecule has 1 atom stereocenters. The van der Waals surface area contributed by atoms with E-state index in [0.717, 1.165) is 6.42 Å². The van der Waals surface area contributed by atoms with Gasteiger partial charge in [0.05, 0.1) is 6.10 Å².